The van der Waals surface area contributed by atoms with Crippen LogP contribution in [-0.4, -0.2) is 16.7 Å². The number of aromatic nitrogens is 2. The molecule has 100 valence electrons. The number of nitrogens with one attached hydrogen (secondary N) is 1. The minimum Gasteiger partial charge on any atom is -0.338 e. The average Bonchev–Trinajstić information content (AvgIpc) is 2.96. The van der Waals surface area contributed by atoms with Gasteiger partial charge in [-0.15, -0.1) is 0 Å². The molecule has 0 unspecified atom stereocenters. The second kappa shape index (κ2) is 5.05. The minimum atomic E-state index is -0.601. The van der Waals surface area contributed by atoms with Gasteiger partial charge in [0.25, 0.3) is 0 Å². The number of nitrogens with zero attached hydrogens (tertiary/aromatic N) is 2. The van der Waals surface area contributed by atoms with Crippen LogP contribution < -0.4 is 5.32 Å². The molecule has 4 nitrogen and oxygen atoms in total. The maximum atomic E-state index is 13.1. The van der Waals surface area contributed by atoms with Crippen LogP contribution in [0.4, 0.5) is 8.78 Å². The molecule has 2 heterocycles. The Balaban J connectivity index is 1.76. The van der Waals surface area contributed by atoms with Crippen LogP contribution >= 0.6 is 0 Å². The van der Waals surface area contributed by atoms with Gasteiger partial charge in [-0.25, -0.2) is 8.78 Å². The molecule has 0 aliphatic carbocycles. The van der Waals surface area contributed by atoms with Gasteiger partial charge in [0.2, 0.25) is 5.89 Å². The van der Waals surface area contributed by atoms with E-state index < -0.39 is 11.6 Å². The third-order valence-electron chi connectivity index (χ3n) is 3.13. The first-order chi connectivity index (χ1) is 9.20. The molecule has 6 heteroatoms. The second-order valence-electron chi connectivity index (χ2n) is 4.65. The van der Waals surface area contributed by atoms with E-state index in [1.54, 1.807) is 0 Å². The van der Waals surface area contributed by atoms with Gasteiger partial charge < -0.3 is 9.84 Å². The molecule has 3 rings (SSSR count). The van der Waals surface area contributed by atoms with Crippen molar-refractivity contribution in [2.24, 2.45) is 0 Å². The molecule has 1 aromatic carbocycles. The van der Waals surface area contributed by atoms with E-state index in [9.17, 15) is 8.78 Å². The summed E-state index contributed by atoms with van der Waals surface area (Å²) in [6, 6.07) is 3.48. The molecule has 1 saturated heterocycles. The highest BCUT2D eigenvalue weighted by Crippen LogP contribution is 2.21. The molecule has 19 heavy (non-hydrogen) atoms. The zero-order valence-corrected chi connectivity index (χ0v) is 10.2. The van der Waals surface area contributed by atoms with Crippen LogP contribution in [0.15, 0.2) is 22.7 Å². The Labute approximate surface area is 108 Å². The van der Waals surface area contributed by atoms with Gasteiger partial charge >= 0.3 is 0 Å². The van der Waals surface area contributed by atoms with Crippen molar-refractivity contribution in [1.29, 1.82) is 0 Å². The summed E-state index contributed by atoms with van der Waals surface area (Å²) in [7, 11) is 0. The molecular weight excluding hydrogens is 252 g/mol. The Morgan fingerprint density at radius 1 is 1.26 bits per heavy atom. The van der Waals surface area contributed by atoms with E-state index in [-0.39, 0.29) is 12.5 Å². The molecule has 1 fully saturated rings. The van der Waals surface area contributed by atoms with E-state index in [1.807, 2.05) is 0 Å². The van der Waals surface area contributed by atoms with Gasteiger partial charge in [0.1, 0.15) is 11.6 Å². The van der Waals surface area contributed by atoms with Gasteiger partial charge in [-0.2, -0.15) is 4.98 Å². The second-order valence-corrected chi connectivity index (χ2v) is 4.65. The van der Waals surface area contributed by atoms with Crippen LogP contribution in [-0.2, 0) is 6.42 Å². The van der Waals surface area contributed by atoms with E-state index in [2.05, 4.69) is 15.5 Å². The van der Waals surface area contributed by atoms with Crippen molar-refractivity contribution in [2.75, 3.05) is 6.54 Å². The van der Waals surface area contributed by atoms with Gasteiger partial charge in [-0.05, 0) is 37.1 Å². The van der Waals surface area contributed by atoms with Crippen LogP contribution in [0.2, 0.25) is 0 Å². The normalized spacial score (nSPS) is 18.9. The molecule has 1 aliphatic rings. The molecule has 1 aromatic heterocycles. The van der Waals surface area contributed by atoms with Crippen LogP contribution in [0.1, 0.15) is 36.2 Å². The van der Waals surface area contributed by atoms with Crippen LogP contribution in [0, 0.1) is 11.6 Å². The van der Waals surface area contributed by atoms with E-state index in [0.717, 1.165) is 25.5 Å². The first kappa shape index (κ1) is 12.2. The lowest BCUT2D eigenvalue weighted by Gasteiger charge is -2.01. The molecule has 1 atom stereocenters. The Kier molecular flexibility index (Phi) is 3.25. The fourth-order valence-corrected chi connectivity index (χ4v) is 2.27. The van der Waals surface area contributed by atoms with E-state index >= 15 is 0 Å². The first-order valence-electron chi connectivity index (χ1n) is 6.21. The maximum absolute atomic E-state index is 13.1. The first-order valence-corrected chi connectivity index (χ1v) is 6.21. The zero-order valence-electron chi connectivity index (χ0n) is 10.2. The van der Waals surface area contributed by atoms with E-state index in [0.29, 0.717) is 17.3 Å². The Bertz CT molecular complexity index is 559. The van der Waals surface area contributed by atoms with Crippen molar-refractivity contribution in [3.8, 4) is 0 Å². The fourth-order valence-electron chi connectivity index (χ4n) is 2.27. The summed E-state index contributed by atoms with van der Waals surface area (Å²) < 4.78 is 31.3. The Morgan fingerprint density at radius 3 is 2.74 bits per heavy atom. The highest BCUT2D eigenvalue weighted by molar-refractivity contribution is 5.21. The highest BCUT2D eigenvalue weighted by atomic mass is 19.1. The summed E-state index contributed by atoms with van der Waals surface area (Å²) in [5, 5.41) is 7.10. The van der Waals surface area contributed by atoms with E-state index in [1.165, 1.54) is 12.1 Å². The molecular formula is C13H13F2N3O. The predicted molar refractivity (Wildman–Crippen MR) is 63.4 cm³/mol. The van der Waals surface area contributed by atoms with Gasteiger partial charge in [-0.1, -0.05) is 5.16 Å². The smallest absolute Gasteiger partial charge is 0.243 e. The lowest BCUT2D eigenvalue weighted by atomic mass is 10.1. The molecule has 0 amide bonds. The lowest BCUT2D eigenvalue weighted by molar-refractivity contribution is 0.341. The van der Waals surface area contributed by atoms with Crippen LogP contribution in [0.3, 0.4) is 0 Å². The number of benzene rings is 1. The van der Waals surface area contributed by atoms with Gasteiger partial charge in [0, 0.05) is 12.5 Å². The highest BCUT2D eigenvalue weighted by Gasteiger charge is 2.22. The molecule has 1 aliphatic heterocycles. The molecule has 0 saturated carbocycles. The summed E-state index contributed by atoms with van der Waals surface area (Å²) in [6.07, 6.45) is 2.30. The summed E-state index contributed by atoms with van der Waals surface area (Å²) in [5.74, 6) is -0.217. The predicted octanol–water partition coefficient (Wildman–Crippen LogP) is 2.36. The van der Waals surface area contributed by atoms with Crippen molar-refractivity contribution in [3.05, 3.63) is 47.1 Å². The quantitative estimate of drug-likeness (QED) is 0.925. The number of rotatable bonds is 3. The zero-order chi connectivity index (χ0) is 13.2. The number of hydrogen-bond donors (Lipinski definition) is 1. The average molecular weight is 265 g/mol. The number of halogens is 2. The third kappa shape index (κ3) is 2.78. The summed E-state index contributed by atoms with van der Waals surface area (Å²) in [5.41, 5.74) is 0.490. The molecule has 0 spiro atoms. The lowest BCUT2D eigenvalue weighted by Crippen LogP contribution is -2.13. The molecule has 2 aromatic rings. The largest absolute Gasteiger partial charge is 0.338 e. The maximum Gasteiger partial charge on any atom is 0.243 e. The molecule has 1 N–H and O–H groups in total. The van der Waals surface area contributed by atoms with Gasteiger partial charge in [0.15, 0.2) is 5.82 Å². The molecule has 0 radical (unpaired) electrons. The Morgan fingerprint density at radius 2 is 2.05 bits per heavy atom. The van der Waals surface area contributed by atoms with Crippen LogP contribution in [0.25, 0.3) is 0 Å². The van der Waals surface area contributed by atoms with Crippen molar-refractivity contribution in [2.45, 2.75) is 25.3 Å². The minimum absolute atomic E-state index is 0.102. The van der Waals surface area contributed by atoms with Gasteiger partial charge in [0.05, 0.1) is 6.04 Å². The molecule has 0 bridgehead atoms. The van der Waals surface area contributed by atoms with Crippen molar-refractivity contribution in [3.63, 3.8) is 0 Å². The summed E-state index contributed by atoms with van der Waals surface area (Å²) in [6.45, 7) is 0.942. The van der Waals surface area contributed by atoms with E-state index in [4.69, 9.17) is 4.52 Å². The third-order valence-corrected chi connectivity index (χ3v) is 3.13. The fraction of sp³-hybridized carbons (Fsp3) is 0.385. The van der Waals surface area contributed by atoms with Crippen LogP contribution in [0.5, 0.6) is 0 Å². The van der Waals surface area contributed by atoms with Gasteiger partial charge in [-0.3, -0.25) is 0 Å². The van der Waals surface area contributed by atoms with Crippen molar-refractivity contribution in [1.82, 2.24) is 15.5 Å². The topological polar surface area (TPSA) is 51.0 Å². The Hall–Kier alpha value is -1.82. The SMILES string of the molecule is Fc1cc(F)cc(Cc2noc([C@H]3CCCN3)n2)c1. The standard InChI is InChI=1S/C13H13F2N3O/c14-9-4-8(5-10(15)7-9)6-12-17-13(19-18-12)11-2-1-3-16-11/h4-5,7,11,16H,1-3,6H2/t11-/m1/s1. The monoisotopic (exact) mass is 265 g/mol. The number of hydrogen-bond acceptors (Lipinski definition) is 4. The summed E-state index contributed by atoms with van der Waals surface area (Å²) in [4.78, 5) is 4.26. The van der Waals surface area contributed by atoms with Crippen molar-refractivity contribution >= 4 is 0 Å². The summed E-state index contributed by atoms with van der Waals surface area (Å²) >= 11 is 0. The van der Waals surface area contributed by atoms with Crippen molar-refractivity contribution < 1.29 is 13.3 Å².